The molecule has 1 saturated heterocycles. The molecule has 8 nitrogen and oxygen atoms in total. The van der Waals surface area contributed by atoms with Crippen molar-refractivity contribution in [3.05, 3.63) is 52.9 Å². The van der Waals surface area contributed by atoms with Crippen LogP contribution in [0.1, 0.15) is 19.6 Å². The van der Waals surface area contributed by atoms with Crippen LogP contribution in [0.3, 0.4) is 0 Å². The van der Waals surface area contributed by atoms with Crippen LogP contribution < -0.4 is 5.23 Å². The number of hydrogen-bond acceptors (Lipinski definition) is 8. The number of nitrogens with zero attached hydrogens (tertiary/aromatic N) is 1. The van der Waals surface area contributed by atoms with Crippen molar-refractivity contribution in [1.29, 1.82) is 0 Å². The highest BCUT2D eigenvalue weighted by atomic mass is 16.8. The van der Waals surface area contributed by atoms with Gasteiger partial charge in [-0.2, -0.15) is 0 Å². The Hall–Kier alpha value is -3.10. The van der Waals surface area contributed by atoms with Gasteiger partial charge in [-0.15, -0.1) is 0 Å². The lowest BCUT2D eigenvalue weighted by Crippen LogP contribution is -2.41. The van der Waals surface area contributed by atoms with Crippen LogP contribution in [0.25, 0.3) is 17.4 Å². The zero-order valence-corrected chi connectivity index (χ0v) is 13.4. The van der Waals surface area contributed by atoms with Gasteiger partial charge in [0.1, 0.15) is 17.1 Å². The molecule has 2 heterocycles. The lowest BCUT2D eigenvalue weighted by Gasteiger charge is -2.29. The Morgan fingerprint density at radius 2 is 1.80 bits per heavy atom. The van der Waals surface area contributed by atoms with Gasteiger partial charge >= 0.3 is 11.9 Å². The van der Waals surface area contributed by atoms with Crippen molar-refractivity contribution in [2.45, 2.75) is 19.6 Å². The predicted molar refractivity (Wildman–Crippen MR) is 86.0 cm³/mol. The smallest absolute Gasteiger partial charge is 0.348 e. The minimum Gasteiger partial charge on any atom is -0.733 e. The van der Waals surface area contributed by atoms with Crippen LogP contribution in [0, 0.1) is 5.21 Å². The molecule has 1 aromatic carbocycles. The second-order valence-corrected chi connectivity index (χ2v) is 5.76. The minimum absolute atomic E-state index is 0.0375. The van der Waals surface area contributed by atoms with E-state index in [0.717, 1.165) is 0 Å². The first-order valence-electron chi connectivity index (χ1n) is 7.30. The van der Waals surface area contributed by atoms with E-state index in [1.807, 2.05) is 0 Å². The molecular formula is C17H14NO7-. The van der Waals surface area contributed by atoms with Crippen LogP contribution in [0.5, 0.6) is 0 Å². The number of benzene rings is 1. The van der Waals surface area contributed by atoms with E-state index in [0.29, 0.717) is 11.3 Å². The Balaban J connectivity index is 1.88. The number of rotatable bonds is 3. The average molecular weight is 344 g/mol. The topological polar surface area (TPSA) is 112 Å². The standard InChI is InChI=1S/C17H14NO7/c1-17(2)24-15(19)13(16(20)25-17)9-12-6-7-14(23-12)10-4-3-5-11(8-10)18(21)22/h3-9,21H,1-2H3/q-1. The Morgan fingerprint density at radius 1 is 1.12 bits per heavy atom. The van der Waals surface area contributed by atoms with Crippen LogP contribution in [-0.2, 0) is 19.1 Å². The van der Waals surface area contributed by atoms with E-state index in [1.54, 1.807) is 24.3 Å². The third-order valence-corrected chi connectivity index (χ3v) is 3.38. The molecule has 0 aliphatic carbocycles. The number of esters is 2. The minimum atomic E-state index is -1.31. The lowest BCUT2D eigenvalue weighted by molar-refractivity contribution is -0.222. The highest BCUT2D eigenvalue weighted by Gasteiger charge is 2.39. The summed E-state index contributed by atoms with van der Waals surface area (Å²) >= 11 is 0. The molecule has 1 fully saturated rings. The summed E-state index contributed by atoms with van der Waals surface area (Å²) in [7, 11) is 0. The van der Waals surface area contributed by atoms with E-state index in [1.165, 1.54) is 32.1 Å². The molecule has 25 heavy (non-hydrogen) atoms. The van der Waals surface area contributed by atoms with Crippen molar-refractivity contribution in [2.75, 3.05) is 5.23 Å². The molecule has 1 aromatic heterocycles. The van der Waals surface area contributed by atoms with Crippen molar-refractivity contribution in [2.24, 2.45) is 0 Å². The molecule has 0 bridgehead atoms. The van der Waals surface area contributed by atoms with Gasteiger partial charge in [-0.3, -0.25) is 5.21 Å². The Kier molecular flexibility index (Phi) is 4.07. The maximum atomic E-state index is 11.9. The summed E-state index contributed by atoms with van der Waals surface area (Å²) in [5.41, 5.74) is 0.289. The molecule has 0 unspecified atom stereocenters. The first kappa shape index (κ1) is 16.7. The Labute approximate surface area is 142 Å². The fourth-order valence-corrected chi connectivity index (χ4v) is 2.28. The zero-order valence-electron chi connectivity index (χ0n) is 13.4. The number of cyclic esters (lactones) is 2. The van der Waals surface area contributed by atoms with Crippen LogP contribution in [-0.4, -0.2) is 22.9 Å². The number of hydrogen-bond donors (Lipinski definition) is 1. The van der Waals surface area contributed by atoms with Gasteiger partial charge in [0, 0.05) is 25.5 Å². The van der Waals surface area contributed by atoms with Crippen LogP contribution in [0.4, 0.5) is 5.69 Å². The average Bonchev–Trinajstić information content (AvgIpc) is 2.99. The fraction of sp³-hybridized carbons (Fsp3) is 0.176. The second-order valence-electron chi connectivity index (χ2n) is 5.76. The quantitative estimate of drug-likeness (QED) is 0.391. The first-order chi connectivity index (χ1) is 11.7. The molecule has 0 atom stereocenters. The van der Waals surface area contributed by atoms with E-state index < -0.39 is 17.7 Å². The lowest BCUT2D eigenvalue weighted by atomic mass is 10.1. The molecule has 1 N–H and O–H groups in total. The largest absolute Gasteiger partial charge is 0.733 e. The van der Waals surface area contributed by atoms with Crippen LogP contribution in [0.2, 0.25) is 0 Å². The van der Waals surface area contributed by atoms with E-state index in [9.17, 15) is 14.8 Å². The molecule has 0 spiro atoms. The molecule has 1 aliphatic rings. The first-order valence-corrected chi connectivity index (χ1v) is 7.30. The summed E-state index contributed by atoms with van der Waals surface area (Å²) < 4.78 is 15.6. The summed E-state index contributed by atoms with van der Waals surface area (Å²) in [4.78, 5) is 23.8. The third-order valence-electron chi connectivity index (χ3n) is 3.38. The van der Waals surface area contributed by atoms with Gasteiger partial charge in [0.15, 0.2) is 0 Å². The highest BCUT2D eigenvalue weighted by Crippen LogP contribution is 2.28. The van der Waals surface area contributed by atoms with Gasteiger partial charge in [0.05, 0.1) is 5.69 Å². The maximum Gasteiger partial charge on any atom is 0.348 e. The molecule has 0 saturated carbocycles. The predicted octanol–water partition coefficient (Wildman–Crippen LogP) is 2.86. The third kappa shape index (κ3) is 3.54. The fourth-order valence-electron chi connectivity index (χ4n) is 2.28. The van der Waals surface area contributed by atoms with Crippen LogP contribution >= 0.6 is 0 Å². The van der Waals surface area contributed by atoms with Gasteiger partial charge in [-0.05, 0) is 24.3 Å². The van der Waals surface area contributed by atoms with E-state index in [4.69, 9.17) is 19.1 Å². The Morgan fingerprint density at radius 3 is 2.44 bits per heavy atom. The summed E-state index contributed by atoms with van der Waals surface area (Å²) in [6.45, 7) is 2.91. The van der Waals surface area contributed by atoms with Gasteiger partial charge in [0.2, 0.25) is 0 Å². The van der Waals surface area contributed by atoms with Crippen molar-refractivity contribution in [1.82, 2.24) is 0 Å². The number of carbonyl (C=O) groups is 2. The molecular weight excluding hydrogens is 330 g/mol. The molecule has 8 heteroatoms. The van der Waals surface area contributed by atoms with Gasteiger partial charge in [-0.25, -0.2) is 9.59 Å². The molecule has 0 radical (unpaired) electrons. The summed E-state index contributed by atoms with van der Waals surface area (Å²) in [5, 5.41) is 19.6. The van der Waals surface area contributed by atoms with Crippen LogP contribution in [0.15, 0.2) is 46.4 Å². The van der Waals surface area contributed by atoms with Crippen molar-refractivity contribution in [3.63, 3.8) is 0 Å². The number of furan rings is 1. The number of carbonyl (C=O) groups excluding carboxylic acids is 2. The summed E-state index contributed by atoms with van der Waals surface area (Å²) in [5.74, 6) is -2.30. The SMILES string of the molecule is CC1(C)OC(=O)C(=Cc2ccc(-c3cccc(N([O-])O)c3)o2)C(=O)O1. The summed E-state index contributed by atoms with van der Waals surface area (Å²) in [6, 6.07) is 9.25. The molecule has 0 amide bonds. The van der Waals surface area contributed by atoms with E-state index >= 15 is 0 Å². The molecule has 2 aromatic rings. The van der Waals surface area contributed by atoms with Gasteiger partial charge in [0.25, 0.3) is 5.79 Å². The van der Waals surface area contributed by atoms with Gasteiger partial charge < -0.3 is 24.3 Å². The number of anilines is 1. The second kappa shape index (κ2) is 6.08. The molecule has 3 rings (SSSR count). The molecule has 1 aliphatic heterocycles. The van der Waals surface area contributed by atoms with Crippen molar-refractivity contribution >= 4 is 23.7 Å². The van der Waals surface area contributed by atoms with Crippen molar-refractivity contribution in [3.8, 4) is 11.3 Å². The molecule has 130 valence electrons. The maximum absolute atomic E-state index is 11.9. The zero-order chi connectivity index (χ0) is 18.2. The normalized spacial score (nSPS) is 16.2. The number of ether oxygens (including phenoxy) is 2. The van der Waals surface area contributed by atoms with E-state index in [-0.39, 0.29) is 22.2 Å². The monoisotopic (exact) mass is 344 g/mol. The van der Waals surface area contributed by atoms with Gasteiger partial charge in [-0.1, -0.05) is 12.1 Å². The van der Waals surface area contributed by atoms with E-state index in [2.05, 4.69) is 0 Å². The Bertz CT molecular complexity index is 841. The summed E-state index contributed by atoms with van der Waals surface area (Å²) in [6.07, 6.45) is 1.22. The van der Waals surface area contributed by atoms with Crippen molar-refractivity contribution < 1.29 is 28.7 Å². The highest BCUT2D eigenvalue weighted by molar-refractivity contribution is 6.18.